The lowest BCUT2D eigenvalue weighted by molar-refractivity contribution is 0.619. The van der Waals surface area contributed by atoms with Gasteiger partial charge in [-0.1, -0.05) is 18.2 Å². The van der Waals surface area contributed by atoms with Crippen LogP contribution in [0.1, 0.15) is 11.1 Å². The molecule has 0 amide bonds. The average molecular weight is 215 g/mol. The van der Waals surface area contributed by atoms with Gasteiger partial charge in [0, 0.05) is 5.69 Å². The maximum Gasteiger partial charge on any atom is 0.126 e. The van der Waals surface area contributed by atoms with Crippen LogP contribution in [0.3, 0.4) is 0 Å². The van der Waals surface area contributed by atoms with Crippen molar-refractivity contribution in [1.82, 2.24) is 0 Å². The van der Waals surface area contributed by atoms with Crippen molar-refractivity contribution in [2.24, 2.45) is 0 Å². The molecule has 2 aromatic carbocycles. The first-order chi connectivity index (χ1) is 7.56. The summed E-state index contributed by atoms with van der Waals surface area (Å²) in [6.07, 6.45) is 0. The Morgan fingerprint density at radius 3 is 2.31 bits per heavy atom. The van der Waals surface area contributed by atoms with E-state index in [0.29, 0.717) is 11.3 Å². The summed E-state index contributed by atoms with van der Waals surface area (Å²) in [4.78, 5) is 0. The summed E-state index contributed by atoms with van der Waals surface area (Å²) >= 11 is 0. The molecule has 1 nitrogen and oxygen atoms in total. The fourth-order valence-corrected chi connectivity index (χ4v) is 1.75. The summed E-state index contributed by atoms with van der Waals surface area (Å²) in [6, 6.07) is 11.0. The van der Waals surface area contributed by atoms with Gasteiger partial charge in [0.25, 0.3) is 0 Å². The van der Waals surface area contributed by atoms with E-state index in [1.54, 1.807) is 19.1 Å². The molecular formula is C14H14FN. The van der Waals surface area contributed by atoms with E-state index in [-0.39, 0.29) is 5.82 Å². The number of benzene rings is 2. The van der Waals surface area contributed by atoms with E-state index in [2.05, 4.69) is 0 Å². The fraction of sp³-hybridized carbons (Fsp3) is 0.143. The molecule has 0 saturated carbocycles. The van der Waals surface area contributed by atoms with Gasteiger partial charge in [-0.3, -0.25) is 0 Å². The van der Waals surface area contributed by atoms with Crippen LogP contribution in [0.2, 0.25) is 0 Å². The number of halogens is 1. The van der Waals surface area contributed by atoms with Crippen LogP contribution in [-0.2, 0) is 0 Å². The molecule has 0 saturated heterocycles. The Morgan fingerprint density at radius 1 is 0.938 bits per heavy atom. The molecule has 0 heterocycles. The Balaban J connectivity index is 2.54. The topological polar surface area (TPSA) is 26.0 Å². The molecule has 0 radical (unpaired) electrons. The van der Waals surface area contributed by atoms with Crippen LogP contribution in [0.5, 0.6) is 0 Å². The molecule has 0 aliphatic heterocycles. The molecule has 0 aliphatic carbocycles. The first-order valence-corrected chi connectivity index (χ1v) is 5.20. The molecule has 82 valence electrons. The van der Waals surface area contributed by atoms with Gasteiger partial charge in [0.15, 0.2) is 0 Å². The van der Waals surface area contributed by atoms with Crippen LogP contribution in [0.4, 0.5) is 10.1 Å². The van der Waals surface area contributed by atoms with Crippen LogP contribution in [0.25, 0.3) is 11.1 Å². The second kappa shape index (κ2) is 3.97. The van der Waals surface area contributed by atoms with Crippen molar-refractivity contribution in [3.05, 3.63) is 53.3 Å². The Kier molecular flexibility index (Phi) is 2.65. The maximum atomic E-state index is 13.4. The highest BCUT2D eigenvalue weighted by Gasteiger charge is 2.03. The van der Waals surface area contributed by atoms with Gasteiger partial charge in [-0.25, -0.2) is 4.39 Å². The second-order valence-corrected chi connectivity index (χ2v) is 4.10. The average Bonchev–Trinajstić information content (AvgIpc) is 2.20. The fourth-order valence-electron chi connectivity index (χ4n) is 1.75. The molecule has 2 heteroatoms. The molecule has 2 N–H and O–H groups in total. The maximum absolute atomic E-state index is 13.4. The third kappa shape index (κ3) is 2.06. The first-order valence-electron chi connectivity index (χ1n) is 5.20. The van der Waals surface area contributed by atoms with E-state index >= 15 is 0 Å². The molecule has 0 aliphatic rings. The smallest absolute Gasteiger partial charge is 0.126 e. The molecule has 0 spiro atoms. The van der Waals surface area contributed by atoms with Crippen molar-refractivity contribution < 1.29 is 4.39 Å². The molecule has 2 aromatic rings. The van der Waals surface area contributed by atoms with Gasteiger partial charge in [0.2, 0.25) is 0 Å². The summed E-state index contributed by atoms with van der Waals surface area (Å²) in [5.41, 5.74) is 10.0. The SMILES string of the molecule is Cc1cc(N)cc(-c2ccc(C)c(F)c2)c1. The largest absolute Gasteiger partial charge is 0.399 e. The van der Waals surface area contributed by atoms with Gasteiger partial charge in [-0.15, -0.1) is 0 Å². The van der Waals surface area contributed by atoms with Crippen molar-refractivity contribution >= 4 is 5.69 Å². The van der Waals surface area contributed by atoms with Gasteiger partial charge in [0.1, 0.15) is 5.82 Å². The quantitative estimate of drug-likeness (QED) is 0.721. The van der Waals surface area contributed by atoms with E-state index in [1.165, 1.54) is 0 Å². The van der Waals surface area contributed by atoms with Crippen molar-refractivity contribution in [3.63, 3.8) is 0 Å². The lowest BCUT2D eigenvalue weighted by atomic mass is 10.0. The van der Waals surface area contributed by atoms with Gasteiger partial charge in [0.05, 0.1) is 0 Å². The standard InChI is InChI=1S/C14H14FN/c1-9-5-12(7-13(16)6-9)11-4-3-10(2)14(15)8-11/h3-8H,16H2,1-2H3. The zero-order chi connectivity index (χ0) is 11.7. The number of nitrogens with two attached hydrogens (primary N) is 1. The Labute approximate surface area is 94.7 Å². The molecule has 2 rings (SSSR count). The predicted octanol–water partition coefficient (Wildman–Crippen LogP) is 3.69. The molecule has 0 fully saturated rings. The van der Waals surface area contributed by atoms with Crippen molar-refractivity contribution in [2.75, 3.05) is 5.73 Å². The lowest BCUT2D eigenvalue weighted by Crippen LogP contribution is -1.89. The molecule has 0 bridgehead atoms. The minimum absolute atomic E-state index is 0.183. The Bertz CT molecular complexity index is 512. The highest BCUT2D eigenvalue weighted by molar-refractivity contribution is 5.68. The monoisotopic (exact) mass is 215 g/mol. The summed E-state index contributed by atoms with van der Waals surface area (Å²) < 4.78 is 13.4. The van der Waals surface area contributed by atoms with E-state index in [9.17, 15) is 4.39 Å². The van der Waals surface area contributed by atoms with Gasteiger partial charge < -0.3 is 5.73 Å². The van der Waals surface area contributed by atoms with E-state index < -0.39 is 0 Å². The minimum Gasteiger partial charge on any atom is -0.399 e. The summed E-state index contributed by atoms with van der Waals surface area (Å²) in [5, 5.41) is 0. The van der Waals surface area contributed by atoms with E-state index in [1.807, 2.05) is 31.2 Å². The number of nitrogen functional groups attached to an aromatic ring is 1. The zero-order valence-corrected chi connectivity index (χ0v) is 9.42. The first kappa shape index (κ1) is 10.7. The Morgan fingerprint density at radius 2 is 1.69 bits per heavy atom. The zero-order valence-electron chi connectivity index (χ0n) is 9.42. The molecule has 0 unspecified atom stereocenters. The minimum atomic E-state index is -0.183. The highest BCUT2D eigenvalue weighted by Crippen LogP contribution is 2.24. The van der Waals surface area contributed by atoms with E-state index in [4.69, 9.17) is 5.73 Å². The number of aryl methyl sites for hydroxylation is 2. The second-order valence-electron chi connectivity index (χ2n) is 4.10. The summed E-state index contributed by atoms with van der Waals surface area (Å²) in [6.45, 7) is 3.73. The van der Waals surface area contributed by atoms with Crippen molar-refractivity contribution in [2.45, 2.75) is 13.8 Å². The van der Waals surface area contributed by atoms with Gasteiger partial charge in [-0.05, 0) is 54.3 Å². The van der Waals surface area contributed by atoms with Crippen LogP contribution in [0.15, 0.2) is 36.4 Å². The molecule has 0 aromatic heterocycles. The predicted molar refractivity (Wildman–Crippen MR) is 65.7 cm³/mol. The van der Waals surface area contributed by atoms with Gasteiger partial charge >= 0.3 is 0 Å². The third-order valence-corrected chi connectivity index (χ3v) is 2.60. The van der Waals surface area contributed by atoms with Gasteiger partial charge in [-0.2, -0.15) is 0 Å². The molecule has 0 atom stereocenters. The third-order valence-electron chi connectivity index (χ3n) is 2.60. The molecule has 16 heavy (non-hydrogen) atoms. The Hall–Kier alpha value is -1.83. The highest BCUT2D eigenvalue weighted by atomic mass is 19.1. The van der Waals surface area contributed by atoms with Crippen LogP contribution in [0, 0.1) is 19.7 Å². The number of hydrogen-bond acceptors (Lipinski definition) is 1. The van der Waals surface area contributed by atoms with Crippen LogP contribution in [-0.4, -0.2) is 0 Å². The van der Waals surface area contributed by atoms with Crippen LogP contribution >= 0.6 is 0 Å². The number of rotatable bonds is 1. The van der Waals surface area contributed by atoms with Crippen LogP contribution < -0.4 is 5.73 Å². The normalized spacial score (nSPS) is 10.4. The van der Waals surface area contributed by atoms with Crippen molar-refractivity contribution in [1.29, 1.82) is 0 Å². The van der Waals surface area contributed by atoms with Crippen molar-refractivity contribution in [3.8, 4) is 11.1 Å². The van der Waals surface area contributed by atoms with E-state index in [0.717, 1.165) is 16.7 Å². The summed E-state index contributed by atoms with van der Waals surface area (Å²) in [5.74, 6) is -0.183. The summed E-state index contributed by atoms with van der Waals surface area (Å²) in [7, 11) is 0. The molecular weight excluding hydrogens is 201 g/mol. The number of hydrogen-bond donors (Lipinski definition) is 1. The number of anilines is 1. The lowest BCUT2D eigenvalue weighted by Gasteiger charge is -2.06.